The van der Waals surface area contributed by atoms with Crippen LogP contribution in [0.3, 0.4) is 0 Å². The minimum Gasteiger partial charge on any atom is -0.396 e. The zero-order valence-electron chi connectivity index (χ0n) is 15.2. The molecule has 23 heavy (non-hydrogen) atoms. The molecule has 3 N–H and O–H groups in total. The van der Waals surface area contributed by atoms with Crippen molar-refractivity contribution in [2.75, 3.05) is 6.61 Å². The first-order valence-electron chi connectivity index (χ1n) is 8.89. The molecule has 0 aromatic rings. The van der Waals surface area contributed by atoms with Gasteiger partial charge < -0.3 is 15.3 Å². The van der Waals surface area contributed by atoms with E-state index in [-0.39, 0.29) is 29.5 Å². The Bertz CT molecular complexity index is 477. The average Bonchev–Trinajstić information content (AvgIpc) is 2.44. The van der Waals surface area contributed by atoms with Crippen LogP contribution in [-0.4, -0.2) is 33.6 Å². The quantitative estimate of drug-likeness (QED) is 0.680. The molecular weight excluding hydrogens is 288 g/mol. The third-order valence-electron chi connectivity index (χ3n) is 6.61. The molecular formula is C20H34O3. The lowest BCUT2D eigenvalue weighted by Crippen LogP contribution is -2.55. The van der Waals surface area contributed by atoms with Crippen molar-refractivity contribution in [3.8, 4) is 0 Å². The van der Waals surface area contributed by atoms with Crippen LogP contribution in [0.4, 0.5) is 0 Å². The van der Waals surface area contributed by atoms with E-state index in [0.29, 0.717) is 18.8 Å². The maximum atomic E-state index is 10.5. The monoisotopic (exact) mass is 322 g/mol. The first-order chi connectivity index (χ1) is 10.6. The van der Waals surface area contributed by atoms with Crippen LogP contribution in [0.5, 0.6) is 0 Å². The molecule has 0 radical (unpaired) electrons. The number of aliphatic hydroxyl groups is 3. The predicted octanol–water partition coefficient (Wildman–Crippen LogP) is 3.45. The van der Waals surface area contributed by atoms with Crippen LogP contribution >= 0.6 is 0 Å². The summed E-state index contributed by atoms with van der Waals surface area (Å²) in [6.07, 6.45) is 7.40. The average molecular weight is 322 g/mol. The van der Waals surface area contributed by atoms with Gasteiger partial charge >= 0.3 is 0 Å². The summed E-state index contributed by atoms with van der Waals surface area (Å²) in [6, 6.07) is 0. The van der Waals surface area contributed by atoms with Crippen molar-refractivity contribution in [3.63, 3.8) is 0 Å². The summed E-state index contributed by atoms with van der Waals surface area (Å²) in [5.41, 5.74) is 0.140. The Balaban J connectivity index is 2.36. The van der Waals surface area contributed by atoms with Crippen molar-refractivity contribution in [2.24, 2.45) is 22.7 Å². The van der Waals surface area contributed by atoms with E-state index in [1.165, 1.54) is 5.57 Å². The van der Waals surface area contributed by atoms with Gasteiger partial charge in [0.15, 0.2) is 0 Å². The van der Waals surface area contributed by atoms with Crippen LogP contribution in [0.25, 0.3) is 0 Å². The lowest BCUT2D eigenvalue weighted by molar-refractivity contribution is -0.130. The van der Waals surface area contributed by atoms with Gasteiger partial charge in [-0.2, -0.15) is 0 Å². The molecule has 132 valence electrons. The van der Waals surface area contributed by atoms with Gasteiger partial charge in [-0.05, 0) is 63.2 Å². The molecule has 0 spiro atoms. The van der Waals surface area contributed by atoms with Gasteiger partial charge in [0.2, 0.25) is 0 Å². The molecule has 2 aliphatic rings. The van der Waals surface area contributed by atoms with E-state index in [9.17, 15) is 15.3 Å². The van der Waals surface area contributed by atoms with Crippen LogP contribution in [0.15, 0.2) is 24.3 Å². The smallest absolute Gasteiger partial charge is 0.0797 e. The fourth-order valence-corrected chi connectivity index (χ4v) is 5.36. The number of hydrogen-bond donors (Lipinski definition) is 3. The molecule has 0 heterocycles. The minimum atomic E-state index is -0.882. The predicted molar refractivity (Wildman–Crippen MR) is 93.9 cm³/mol. The van der Waals surface area contributed by atoms with Crippen LogP contribution in [-0.2, 0) is 0 Å². The van der Waals surface area contributed by atoms with Crippen LogP contribution in [0.1, 0.15) is 59.8 Å². The molecule has 3 heteroatoms. The Labute approximate surface area is 141 Å². The molecule has 1 saturated carbocycles. The van der Waals surface area contributed by atoms with E-state index < -0.39 is 5.60 Å². The maximum Gasteiger partial charge on any atom is 0.0797 e. The SMILES string of the molecule is C=CC(C)(O)CCC1C(C)=CCC2C(C)(C)CC(O)CC12CO. The highest BCUT2D eigenvalue weighted by Crippen LogP contribution is 2.60. The highest BCUT2D eigenvalue weighted by molar-refractivity contribution is 5.20. The Hall–Kier alpha value is -0.640. The molecule has 0 aromatic carbocycles. The molecule has 3 nitrogen and oxygen atoms in total. The van der Waals surface area contributed by atoms with E-state index in [1.807, 2.05) is 0 Å². The largest absolute Gasteiger partial charge is 0.396 e. The van der Waals surface area contributed by atoms with E-state index >= 15 is 0 Å². The molecule has 5 unspecified atom stereocenters. The fourth-order valence-electron chi connectivity index (χ4n) is 5.36. The molecule has 2 rings (SSSR count). The van der Waals surface area contributed by atoms with Crippen molar-refractivity contribution < 1.29 is 15.3 Å². The van der Waals surface area contributed by atoms with Crippen LogP contribution in [0.2, 0.25) is 0 Å². The normalized spacial score (nSPS) is 39.1. The van der Waals surface area contributed by atoms with E-state index in [1.54, 1.807) is 13.0 Å². The Morgan fingerprint density at radius 3 is 2.61 bits per heavy atom. The topological polar surface area (TPSA) is 60.7 Å². The van der Waals surface area contributed by atoms with Gasteiger partial charge in [-0.15, -0.1) is 6.58 Å². The third kappa shape index (κ3) is 3.42. The van der Waals surface area contributed by atoms with Crippen molar-refractivity contribution in [3.05, 3.63) is 24.3 Å². The summed E-state index contributed by atoms with van der Waals surface area (Å²) >= 11 is 0. The van der Waals surface area contributed by atoms with E-state index in [2.05, 4.69) is 33.4 Å². The number of aliphatic hydroxyl groups excluding tert-OH is 2. The standard InChI is InChI=1S/C20H34O3/c1-6-19(5,23)10-9-16-14(2)7-8-17-18(3,4)11-15(22)12-20(16,17)13-21/h6-7,15-17,21-23H,1,8-13H2,2-5H3. The number of allylic oxidation sites excluding steroid dienone is 2. The van der Waals surface area contributed by atoms with Crippen molar-refractivity contribution in [2.45, 2.75) is 71.5 Å². The zero-order valence-corrected chi connectivity index (χ0v) is 15.2. The van der Waals surface area contributed by atoms with Crippen molar-refractivity contribution >= 4 is 0 Å². The highest BCUT2D eigenvalue weighted by atomic mass is 16.3. The molecule has 2 aliphatic carbocycles. The second kappa shape index (κ2) is 6.34. The number of rotatable bonds is 5. The van der Waals surface area contributed by atoms with Crippen molar-refractivity contribution in [1.82, 2.24) is 0 Å². The van der Waals surface area contributed by atoms with Crippen molar-refractivity contribution in [1.29, 1.82) is 0 Å². The van der Waals surface area contributed by atoms with Crippen LogP contribution < -0.4 is 0 Å². The number of hydrogen-bond acceptors (Lipinski definition) is 3. The first-order valence-corrected chi connectivity index (χ1v) is 8.89. The Morgan fingerprint density at radius 1 is 1.39 bits per heavy atom. The molecule has 0 aliphatic heterocycles. The third-order valence-corrected chi connectivity index (χ3v) is 6.61. The molecule has 0 saturated heterocycles. The van der Waals surface area contributed by atoms with E-state index in [0.717, 1.165) is 19.3 Å². The van der Waals surface area contributed by atoms with Crippen LogP contribution in [0, 0.1) is 22.7 Å². The Kier molecular flexibility index (Phi) is 5.16. The summed E-state index contributed by atoms with van der Waals surface area (Å²) in [7, 11) is 0. The summed E-state index contributed by atoms with van der Waals surface area (Å²) in [4.78, 5) is 0. The van der Waals surface area contributed by atoms with E-state index in [4.69, 9.17) is 0 Å². The highest BCUT2D eigenvalue weighted by Gasteiger charge is 2.56. The first kappa shape index (κ1) is 18.7. The summed E-state index contributed by atoms with van der Waals surface area (Å²) in [5, 5.41) is 31.1. The summed E-state index contributed by atoms with van der Waals surface area (Å²) in [5.74, 6) is 0.567. The van der Waals surface area contributed by atoms with Gasteiger partial charge in [0.05, 0.1) is 11.7 Å². The van der Waals surface area contributed by atoms with Gasteiger partial charge in [-0.25, -0.2) is 0 Å². The molecule has 0 aromatic heterocycles. The van der Waals surface area contributed by atoms with Gasteiger partial charge in [-0.1, -0.05) is 31.6 Å². The summed E-state index contributed by atoms with van der Waals surface area (Å²) < 4.78 is 0. The lowest BCUT2D eigenvalue weighted by Gasteiger charge is -2.59. The van der Waals surface area contributed by atoms with Gasteiger partial charge in [0.25, 0.3) is 0 Å². The lowest BCUT2D eigenvalue weighted by atomic mass is 9.47. The molecule has 0 amide bonds. The maximum absolute atomic E-state index is 10.5. The zero-order chi connectivity index (χ0) is 17.5. The van der Waals surface area contributed by atoms with Gasteiger partial charge in [0, 0.05) is 12.0 Å². The van der Waals surface area contributed by atoms with Gasteiger partial charge in [-0.3, -0.25) is 0 Å². The molecule has 1 fully saturated rings. The summed E-state index contributed by atoms with van der Waals surface area (Å²) in [6.45, 7) is 12.2. The second-order valence-electron chi connectivity index (χ2n) is 8.83. The minimum absolute atomic E-state index is 0.0107. The Morgan fingerprint density at radius 2 is 2.04 bits per heavy atom. The van der Waals surface area contributed by atoms with Gasteiger partial charge in [0.1, 0.15) is 0 Å². The fraction of sp³-hybridized carbons (Fsp3) is 0.800. The molecule has 0 bridgehead atoms. The molecule has 5 atom stereocenters. The number of fused-ring (bicyclic) bond motifs is 1. The second-order valence-corrected chi connectivity index (χ2v) is 8.83.